The third-order valence-electron chi connectivity index (χ3n) is 3.44. The summed E-state index contributed by atoms with van der Waals surface area (Å²) < 4.78 is 18.4. The van der Waals surface area contributed by atoms with Crippen LogP contribution in [0.2, 0.25) is 5.02 Å². The fraction of sp³-hybridized carbons (Fsp3) is 0.438. The predicted octanol–water partition coefficient (Wildman–Crippen LogP) is 2.62. The summed E-state index contributed by atoms with van der Waals surface area (Å²) in [4.78, 5) is 14.2. The molecule has 6 heteroatoms. The van der Waals surface area contributed by atoms with Crippen LogP contribution < -0.4 is 10.1 Å². The van der Waals surface area contributed by atoms with Crippen molar-refractivity contribution in [3.63, 3.8) is 0 Å². The lowest BCUT2D eigenvalue weighted by molar-refractivity contribution is -0.127. The second-order valence-corrected chi connectivity index (χ2v) is 5.59. The van der Waals surface area contributed by atoms with Crippen LogP contribution in [0.25, 0.3) is 0 Å². The van der Waals surface area contributed by atoms with E-state index in [1.165, 1.54) is 12.1 Å². The highest BCUT2D eigenvalue weighted by molar-refractivity contribution is 6.32. The van der Waals surface area contributed by atoms with Crippen LogP contribution in [0.15, 0.2) is 30.4 Å². The van der Waals surface area contributed by atoms with E-state index in [1.807, 2.05) is 0 Å². The average molecular weight is 327 g/mol. The van der Waals surface area contributed by atoms with Crippen molar-refractivity contribution in [3.05, 3.63) is 41.2 Å². The maximum Gasteiger partial charge on any atom is 0.260 e. The summed E-state index contributed by atoms with van der Waals surface area (Å²) in [5.41, 5.74) is 0. The van der Waals surface area contributed by atoms with E-state index < -0.39 is 11.9 Å². The van der Waals surface area contributed by atoms with Crippen LogP contribution in [0.1, 0.15) is 13.3 Å². The summed E-state index contributed by atoms with van der Waals surface area (Å²) in [5, 5.41) is 2.99. The number of ether oxygens (including phenoxy) is 1. The van der Waals surface area contributed by atoms with Crippen LogP contribution in [-0.4, -0.2) is 43.1 Å². The predicted molar refractivity (Wildman–Crippen MR) is 84.7 cm³/mol. The Kier molecular flexibility index (Phi) is 6.21. The number of carbonyl (C=O) groups is 1. The van der Waals surface area contributed by atoms with Gasteiger partial charge in [0.05, 0.1) is 5.02 Å². The third kappa shape index (κ3) is 5.00. The monoisotopic (exact) mass is 326 g/mol. The van der Waals surface area contributed by atoms with Gasteiger partial charge in [-0.3, -0.25) is 9.69 Å². The standard InChI is InChI=1S/C16H20ClFN2O2/c1-12(22-15-6-5-13(18)11-14(15)17)16(21)19-7-10-20-8-3-2-4-9-20/h2-3,5-6,11-12H,4,7-10H2,1H3,(H,19,21)/t12-/m1/s1. The number of carbonyl (C=O) groups excluding carboxylic acids is 1. The molecule has 1 aromatic carbocycles. The lowest BCUT2D eigenvalue weighted by atomic mass is 10.2. The van der Waals surface area contributed by atoms with Gasteiger partial charge in [0.2, 0.25) is 0 Å². The zero-order valence-corrected chi connectivity index (χ0v) is 13.3. The molecule has 1 atom stereocenters. The first-order valence-electron chi connectivity index (χ1n) is 7.33. The molecule has 1 heterocycles. The highest BCUT2D eigenvalue weighted by Crippen LogP contribution is 2.25. The Balaban J connectivity index is 1.75. The van der Waals surface area contributed by atoms with E-state index in [2.05, 4.69) is 22.4 Å². The minimum atomic E-state index is -0.691. The van der Waals surface area contributed by atoms with Crippen LogP contribution in [-0.2, 0) is 4.79 Å². The Bertz CT molecular complexity index is 551. The molecule has 0 bridgehead atoms. The summed E-state index contributed by atoms with van der Waals surface area (Å²) in [6.07, 6.45) is 4.66. The summed E-state index contributed by atoms with van der Waals surface area (Å²) in [6, 6.07) is 3.82. The van der Waals surface area contributed by atoms with E-state index in [9.17, 15) is 9.18 Å². The Hall–Kier alpha value is -1.59. The molecule has 1 aliphatic rings. The van der Waals surface area contributed by atoms with Crippen molar-refractivity contribution in [3.8, 4) is 5.75 Å². The third-order valence-corrected chi connectivity index (χ3v) is 3.73. The largest absolute Gasteiger partial charge is 0.479 e. The van der Waals surface area contributed by atoms with Crippen molar-refractivity contribution >= 4 is 17.5 Å². The van der Waals surface area contributed by atoms with Gasteiger partial charge in [0.1, 0.15) is 11.6 Å². The molecule has 1 aromatic rings. The molecule has 0 saturated heterocycles. The zero-order chi connectivity index (χ0) is 15.9. The van der Waals surface area contributed by atoms with Crippen molar-refractivity contribution in [1.29, 1.82) is 0 Å². The molecular formula is C16H20ClFN2O2. The van der Waals surface area contributed by atoms with Gasteiger partial charge in [-0.15, -0.1) is 0 Å². The maximum absolute atomic E-state index is 13.0. The van der Waals surface area contributed by atoms with Gasteiger partial charge < -0.3 is 10.1 Å². The van der Waals surface area contributed by atoms with Gasteiger partial charge >= 0.3 is 0 Å². The lowest BCUT2D eigenvalue weighted by Crippen LogP contribution is -2.41. The number of hydrogen-bond donors (Lipinski definition) is 1. The molecule has 120 valence electrons. The molecule has 4 nitrogen and oxygen atoms in total. The van der Waals surface area contributed by atoms with Crippen molar-refractivity contribution in [2.45, 2.75) is 19.4 Å². The molecular weight excluding hydrogens is 307 g/mol. The number of benzene rings is 1. The topological polar surface area (TPSA) is 41.6 Å². The van der Waals surface area contributed by atoms with Gasteiger partial charge in [0.25, 0.3) is 5.91 Å². The highest BCUT2D eigenvalue weighted by atomic mass is 35.5. The fourth-order valence-electron chi connectivity index (χ4n) is 2.19. The SMILES string of the molecule is C[C@@H](Oc1ccc(F)cc1Cl)C(=O)NCCN1CC=CCC1. The molecule has 0 aliphatic carbocycles. The van der Waals surface area contributed by atoms with Crippen LogP contribution >= 0.6 is 11.6 Å². The number of amides is 1. The second kappa shape index (κ2) is 8.15. The highest BCUT2D eigenvalue weighted by Gasteiger charge is 2.16. The second-order valence-electron chi connectivity index (χ2n) is 5.19. The number of hydrogen-bond acceptors (Lipinski definition) is 3. The van der Waals surface area contributed by atoms with Crippen LogP contribution in [0, 0.1) is 5.82 Å². The van der Waals surface area contributed by atoms with Crippen LogP contribution in [0.5, 0.6) is 5.75 Å². The first-order valence-corrected chi connectivity index (χ1v) is 7.71. The van der Waals surface area contributed by atoms with Crippen molar-refractivity contribution in [2.75, 3.05) is 26.2 Å². The van der Waals surface area contributed by atoms with E-state index in [0.29, 0.717) is 12.3 Å². The lowest BCUT2D eigenvalue weighted by Gasteiger charge is -2.23. The molecule has 0 spiro atoms. The van der Waals surface area contributed by atoms with E-state index in [-0.39, 0.29) is 10.9 Å². The van der Waals surface area contributed by atoms with Crippen molar-refractivity contribution < 1.29 is 13.9 Å². The molecule has 0 saturated carbocycles. The molecule has 1 N–H and O–H groups in total. The minimum Gasteiger partial charge on any atom is -0.479 e. The first-order chi connectivity index (χ1) is 10.6. The summed E-state index contributed by atoms with van der Waals surface area (Å²) in [7, 11) is 0. The minimum absolute atomic E-state index is 0.153. The normalized spacial score (nSPS) is 16.3. The Labute approximate surface area is 134 Å². The smallest absolute Gasteiger partial charge is 0.260 e. The maximum atomic E-state index is 13.0. The molecule has 2 rings (SSSR count). The van der Waals surface area contributed by atoms with Gasteiger partial charge in [0.15, 0.2) is 6.10 Å². The van der Waals surface area contributed by atoms with Crippen molar-refractivity contribution in [1.82, 2.24) is 10.2 Å². The van der Waals surface area contributed by atoms with Gasteiger partial charge in [-0.1, -0.05) is 23.8 Å². The molecule has 0 unspecified atom stereocenters. The quantitative estimate of drug-likeness (QED) is 0.817. The summed E-state index contributed by atoms with van der Waals surface area (Å²) >= 11 is 5.87. The van der Waals surface area contributed by atoms with E-state index in [1.54, 1.807) is 6.92 Å². The number of nitrogens with one attached hydrogen (secondary N) is 1. The van der Waals surface area contributed by atoms with Gasteiger partial charge in [0, 0.05) is 26.2 Å². The molecule has 0 aromatic heterocycles. The summed E-state index contributed by atoms with van der Waals surface area (Å²) in [5.74, 6) is -0.357. The zero-order valence-electron chi connectivity index (χ0n) is 12.5. The molecule has 1 aliphatic heterocycles. The first kappa shape index (κ1) is 16.8. The van der Waals surface area contributed by atoms with Gasteiger partial charge in [-0.2, -0.15) is 0 Å². The van der Waals surface area contributed by atoms with Gasteiger partial charge in [-0.05, 0) is 31.5 Å². The Morgan fingerprint density at radius 2 is 2.32 bits per heavy atom. The van der Waals surface area contributed by atoms with Crippen molar-refractivity contribution in [2.24, 2.45) is 0 Å². The van der Waals surface area contributed by atoms with Crippen LogP contribution in [0.3, 0.4) is 0 Å². The number of rotatable bonds is 6. The summed E-state index contributed by atoms with van der Waals surface area (Å²) in [6.45, 7) is 4.95. The fourth-order valence-corrected chi connectivity index (χ4v) is 2.40. The van der Waals surface area contributed by atoms with E-state index >= 15 is 0 Å². The van der Waals surface area contributed by atoms with E-state index in [4.69, 9.17) is 16.3 Å². The number of nitrogens with zero attached hydrogens (tertiary/aromatic N) is 1. The van der Waals surface area contributed by atoms with E-state index in [0.717, 1.165) is 32.1 Å². The number of halogens is 2. The molecule has 0 radical (unpaired) electrons. The van der Waals surface area contributed by atoms with Gasteiger partial charge in [-0.25, -0.2) is 4.39 Å². The molecule has 1 amide bonds. The van der Waals surface area contributed by atoms with Crippen LogP contribution in [0.4, 0.5) is 4.39 Å². The molecule has 0 fully saturated rings. The average Bonchev–Trinajstić information content (AvgIpc) is 2.51. The Morgan fingerprint density at radius 1 is 1.50 bits per heavy atom. The Morgan fingerprint density at radius 3 is 3.00 bits per heavy atom. The molecule has 22 heavy (non-hydrogen) atoms.